The molecule has 122 valence electrons. The third kappa shape index (κ3) is 2.25. The van der Waals surface area contributed by atoms with Crippen molar-refractivity contribution >= 4 is 37.6 Å². The molecule has 0 unspecified atom stereocenters. The van der Waals surface area contributed by atoms with Gasteiger partial charge >= 0.3 is 0 Å². The lowest BCUT2D eigenvalue weighted by Crippen LogP contribution is -2.14. The molecule has 7 heteroatoms. The summed E-state index contributed by atoms with van der Waals surface area (Å²) in [5, 5.41) is 5.62. The van der Waals surface area contributed by atoms with Gasteiger partial charge in [0.05, 0.1) is 5.69 Å². The largest absolute Gasteiger partial charge is 0.456 e. The van der Waals surface area contributed by atoms with Gasteiger partial charge in [-0.25, -0.2) is 8.42 Å². The van der Waals surface area contributed by atoms with Crippen molar-refractivity contribution < 1.29 is 17.4 Å². The highest BCUT2D eigenvalue weighted by Crippen LogP contribution is 2.31. The lowest BCUT2D eigenvalue weighted by atomic mass is 10.1. The minimum atomic E-state index is -3.78. The molecule has 24 heavy (non-hydrogen) atoms. The van der Waals surface area contributed by atoms with Crippen molar-refractivity contribution in [3.8, 4) is 0 Å². The molecule has 1 N–H and O–H groups in total. The van der Waals surface area contributed by atoms with E-state index in [0.717, 1.165) is 16.4 Å². The number of anilines is 1. The maximum absolute atomic E-state index is 12.6. The summed E-state index contributed by atoms with van der Waals surface area (Å²) in [5.41, 5.74) is 2.12. The number of fused-ring (bicyclic) bond motifs is 3. The van der Waals surface area contributed by atoms with Crippen molar-refractivity contribution in [2.75, 3.05) is 4.72 Å². The molecule has 2 heterocycles. The predicted molar refractivity (Wildman–Crippen MR) is 90.5 cm³/mol. The second kappa shape index (κ2) is 5.10. The van der Waals surface area contributed by atoms with Crippen LogP contribution in [0.25, 0.3) is 21.9 Å². The SMILES string of the molecule is Cc1noc(C)c1S(=O)(=O)Nc1ccc2c(c1)oc1ccccc12. The average molecular weight is 342 g/mol. The number of sulfonamides is 1. The Labute approximate surface area is 138 Å². The average Bonchev–Trinajstić information content (AvgIpc) is 3.06. The molecule has 0 saturated carbocycles. The number of aromatic nitrogens is 1. The van der Waals surface area contributed by atoms with E-state index in [-0.39, 0.29) is 10.7 Å². The second-order valence-electron chi connectivity index (χ2n) is 5.57. The van der Waals surface area contributed by atoms with Crippen LogP contribution in [-0.4, -0.2) is 13.6 Å². The number of nitrogens with one attached hydrogen (secondary N) is 1. The summed E-state index contributed by atoms with van der Waals surface area (Å²) >= 11 is 0. The van der Waals surface area contributed by atoms with Gasteiger partial charge in [0.2, 0.25) is 0 Å². The molecule has 4 rings (SSSR count). The minimum absolute atomic E-state index is 0.0622. The van der Waals surface area contributed by atoms with Gasteiger partial charge in [-0.3, -0.25) is 4.72 Å². The van der Waals surface area contributed by atoms with Crippen LogP contribution in [0, 0.1) is 13.8 Å². The van der Waals surface area contributed by atoms with Crippen LogP contribution in [0.2, 0.25) is 0 Å². The fourth-order valence-electron chi connectivity index (χ4n) is 2.85. The van der Waals surface area contributed by atoms with Crippen molar-refractivity contribution in [2.24, 2.45) is 0 Å². The molecule has 0 bridgehead atoms. The molecule has 2 aromatic heterocycles. The molecule has 6 nitrogen and oxygen atoms in total. The highest BCUT2D eigenvalue weighted by atomic mass is 32.2. The van der Waals surface area contributed by atoms with Crippen LogP contribution in [0.5, 0.6) is 0 Å². The molecular weight excluding hydrogens is 328 g/mol. The highest BCUT2D eigenvalue weighted by Gasteiger charge is 2.24. The van der Waals surface area contributed by atoms with Crippen LogP contribution in [0.4, 0.5) is 5.69 Å². The number of rotatable bonds is 3. The zero-order valence-corrected chi connectivity index (χ0v) is 13.8. The fraction of sp³-hybridized carbons (Fsp3) is 0.118. The van der Waals surface area contributed by atoms with Crippen molar-refractivity contribution in [2.45, 2.75) is 18.7 Å². The Hall–Kier alpha value is -2.80. The van der Waals surface area contributed by atoms with Gasteiger partial charge < -0.3 is 8.94 Å². The summed E-state index contributed by atoms with van der Waals surface area (Å²) in [6.07, 6.45) is 0. The number of hydrogen-bond donors (Lipinski definition) is 1. The molecule has 0 amide bonds. The molecular formula is C17H14N2O4S. The Morgan fingerprint density at radius 2 is 1.75 bits per heavy atom. The normalized spacial score (nSPS) is 12.1. The van der Waals surface area contributed by atoms with E-state index in [9.17, 15) is 8.42 Å². The molecule has 0 fully saturated rings. The van der Waals surface area contributed by atoms with Crippen LogP contribution in [0.15, 0.2) is 56.3 Å². The molecule has 0 spiro atoms. The zero-order valence-electron chi connectivity index (χ0n) is 13.0. The fourth-order valence-corrected chi connectivity index (χ4v) is 4.24. The van der Waals surface area contributed by atoms with Crippen molar-refractivity contribution in [1.29, 1.82) is 0 Å². The summed E-state index contributed by atoms with van der Waals surface area (Å²) in [4.78, 5) is 0.0622. The first-order valence-corrected chi connectivity index (χ1v) is 8.81. The monoisotopic (exact) mass is 342 g/mol. The first-order chi connectivity index (χ1) is 11.5. The number of para-hydroxylation sites is 1. The molecule has 4 aromatic rings. The third-order valence-electron chi connectivity index (χ3n) is 3.87. The molecule has 2 aromatic carbocycles. The topological polar surface area (TPSA) is 85.3 Å². The molecule has 0 atom stereocenters. The Morgan fingerprint density at radius 3 is 2.50 bits per heavy atom. The van der Waals surface area contributed by atoms with Gasteiger partial charge in [0, 0.05) is 16.8 Å². The highest BCUT2D eigenvalue weighted by molar-refractivity contribution is 7.92. The lowest BCUT2D eigenvalue weighted by molar-refractivity contribution is 0.390. The Kier molecular flexibility index (Phi) is 3.14. The van der Waals surface area contributed by atoms with E-state index in [2.05, 4.69) is 9.88 Å². The Balaban J connectivity index is 1.78. The molecule has 0 aliphatic rings. The third-order valence-corrected chi connectivity index (χ3v) is 5.49. The summed E-state index contributed by atoms with van der Waals surface area (Å²) < 4.78 is 38.4. The van der Waals surface area contributed by atoms with Crippen LogP contribution in [0.3, 0.4) is 0 Å². The van der Waals surface area contributed by atoms with E-state index in [0.29, 0.717) is 17.0 Å². The van der Waals surface area contributed by atoms with Gasteiger partial charge in [-0.15, -0.1) is 0 Å². The summed E-state index contributed by atoms with van der Waals surface area (Å²) in [7, 11) is -3.78. The van der Waals surface area contributed by atoms with E-state index < -0.39 is 10.0 Å². The maximum Gasteiger partial charge on any atom is 0.267 e. The van der Waals surface area contributed by atoms with Crippen LogP contribution in [-0.2, 0) is 10.0 Å². The summed E-state index contributed by atoms with van der Waals surface area (Å²) in [6.45, 7) is 3.16. The summed E-state index contributed by atoms with van der Waals surface area (Å²) in [6, 6.07) is 12.9. The van der Waals surface area contributed by atoms with Crippen LogP contribution >= 0.6 is 0 Å². The van der Waals surface area contributed by atoms with Gasteiger partial charge in [-0.1, -0.05) is 23.4 Å². The van der Waals surface area contributed by atoms with Crippen molar-refractivity contribution in [1.82, 2.24) is 5.16 Å². The number of furan rings is 1. The maximum atomic E-state index is 12.6. The van der Waals surface area contributed by atoms with Crippen LogP contribution < -0.4 is 4.72 Å². The first-order valence-electron chi connectivity index (χ1n) is 7.33. The molecule has 0 radical (unpaired) electrons. The van der Waals surface area contributed by atoms with E-state index >= 15 is 0 Å². The Morgan fingerprint density at radius 1 is 1.00 bits per heavy atom. The van der Waals surface area contributed by atoms with Crippen molar-refractivity contribution in [3.63, 3.8) is 0 Å². The standard InChI is InChI=1S/C17H14N2O4S/c1-10-17(11(2)23-18-10)24(20,21)19-12-7-8-14-13-5-3-4-6-15(13)22-16(14)9-12/h3-9,19H,1-2H3. The quantitative estimate of drug-likeness (QED) is 0.608. The van der Waals surface area contributed by atoms with E-state index in [1.807, 2.05) is 30.3 Å². The zero-order chi connectivity index (χ0) is 16.9. The van der Waals surface area contributed by atoms with Gasteiger partial charge in [0.1, 0.15) is 16.9 Å². The van der Waals surface area contributed by atoms with E-state index in [1.54, 1.807) is 26.0 Å². The van der Waals surface area contributed by atoms with Gasteiger partial charge in [0.25, 0.3) is 10.0 Å². The van der Waals surface area contributed by atoms with E-state index in [4.69, 9.17) is 8.94 Å². The second-order valence-corrected chi connectivity index (χ2v) is 7.19. The van der Waals surface area contributed by atoms with E-state index in [1.165, 1.54) is 0 Å². The number of benzene rings is 2. The van der Waals surface area contributed by atoms with Gasteiger partial charge in [-0.05, 0) is 32.0 Å². The molecule has 0 aliphatic carbocycles. The predicted octanol–water partition coefficient (Wildman–Crippen LogP) is 3.99. The van der Waals surface area contributed by atoms with Gasteiger partial charge in [-0.2, -0.15) is 0 Å². The lowest BCUT2D eigenvalue weighted by Gasteiger charge is -2.07. The molecule has 0 aliphatic heterocycles. The number of hydrogen-bond acceptors (Lipinski definition) is 5. The minimum Gasteiger partial charge on any atom is -0.456 e. The van der Waals surface area contributed by atoms with Crippen LogP contribution in [0.1, 0.15) is 11.5 Å². The Bertz CT molecular complexity index is 1150. The first kappa shape index (κ1) is 14.8. The number of aryl methyl sites for hydroxylation is 2. The smallest absolute Gasteiger partial charge is 0.267 e. The van der Waals surface area contributed by atoms with Crippen molar-refractivity contribution in [3.05, 3.63) is 53.9 Å². The summed E-state index contributed by atoms with van der Waals surface area (Å²) in [5.74, 6) is 0.254. The molecule has 0 saturated heterocycles. The van der Waals surface area contributed by atoms with Gasteiger partial charge in [0.15, 0.2) is 10.7 Å². The number of nitrogens with zero attached hydrogens (tertiary/aromatic N) is 1.